The monoisotopic (exact) mass is 356 g/mol. The van der Waals surface area contributed by atoms with E-state index >= 15 is 0 Å². The topological polar surface area (TPSA) is 98.5 Å². The molecule has 0 aliphatic rings. The van der Waals surface area contributed by atoms with Crippen LogP contribution < -0.4 is 10.5 Å². The van der Waals surface area contributed by atoms with E-state index in [0.717, 1.165) is 11.3 Å². The normalized spacial score (nSPS) is 11.8. The van der Waals surface area contributed by atoms with Gasteiger partial charge in [0.1, 0.15) is 4.88 Å². The van der Waals surface area contributed by atoms with Crippen molar-refractivity contribution < 1.29 is 17.9 Å². The molecule has 0 fully saturated rings. The van der Waals surface area contributed by atoms with Gasteiger partial charge in [-0.3, -0.25) is 0 Å². The summed E-state index contributed by atoms with van der Waals surface area (Å²) in [6, 6.07) is 1.31. The third-order valence-electron chi connectivity index (χ3n) is 3.37. The van der Waals surface area contributed by atoms with Crippen molar-refractivity contribution >= 4 is 39.7 Å². The molecule has 0 saturated heterocycles. The second-order valence-electron chi connectivity index (χ2n) is 4.44. The number of ether oxygens (including phenoxy) is 1. The number of nitrogens with one attached hydrogen (secondary N) is 1. The van der Waals surface area contributed by atoms with Crippen molar-refractivity contribution in [3.05, 3.63) is 16.3 Å². The summed E-state index contributed by atoms with van der Waals surface area (Å²) in [5.41, 5.74) is 5.03. The Labute approximate surface area is 135 Å². The number of hydrogen-bond donors (Lipinski definition) is 2. The Hall–Kier alpha value is -0.670. The molecule has 0 saturated carbocycles. The molecule has 0 atom stereocenters. The Balaban J connectivity index is 0.00000400. The lowest BCUT2D eigenvalue weighted by molar-refractivity contribution is 0.0606. The molecule has 0 spiro atoms. The lowest BCUT2D eigenvalue weighted by Gasteiger charge is -2.30. The van der Waals surface area contributed by atoms with Crippen LogP contribution in [0, 0.1) is 0 Å². The molecule has 1 heterocycles. The van der Waals surface area contributed by atoms with E-state index in [0.29, 0.717) is 12.8 Å². The average Bonchev–Trinajstić information content (AvgIpc) is 2.94. The van der Waals surface area contributed by atoms with Crippen molar-refractivity contribution in [2.75, 3.05) is 13.7 Å². The van der Waals surface area contributed by atoms with Gasteiger partial charge in [-0.25, -0.2) is 17.9 Å². The van der Waals surface area contributed by atoms with Gasteiger partial charge in [0.15, 0.2) is 0 Å². The van der Waals surface area contributed by atoms with E-state index in [-0.39, 0.29) is 28.7 Å². The summed E-state index contributed by atoms with van der Waals surface area (Å²) in [6.45, 7) is 3.98. The van der Waals surface area contributed by atoms with E-state index in [9.17, 15) is 13.2 Å². The second-order valence-corrected chi connectivity index (χ2v) is 7.03. The molecular formula is C12H21ClN2O4S2. The van der Waals surface area contributed by atoms with Crippen LogP contribution in [0.3, 0.4) is 0 Å². The minimum absolute atomic E-state index is 0. The van der Waals surface area contributed by atoms with Gasteiger partial charge < -0.3 is 10.5 Å². The highest BCUT2D eigenvalue weighted by molar-refractivity contribution is 7.89. The summed E-state index contributed by atoms with van der Waals surface area (Å²) in [5, 5.41) is 1.42. The molecule has 0 amide bonds. The fourth-order valence-electron chi connectivity index (χ4n) is 1.74. The summed E-state index contributed by atoms with van der Waals surface area (Å²) in [5.74, 6) is -0.549. The zero-order chi connectivity index (χ0) is 15.4. The van der Waals surface area contributed by atoms with Crippen LogP contribution in [0.25, 0.3) is 0 Å². The maximum Gasteiger partial charge on any atom is 0.348 e. The first kappa shape index (κ1) is 20.3. The molecule has 21 heavy (non-hydrogen) atoms. The highest BCUT2D eigenvalue weighted by Gasteiger charge is 2.31. The molecule has 0 aliphatic heterocycles. The van der Waals surface area contributed by atoms with Crippen LogP contribution in [0.1, 0.15) is 36.4 Å². The fourth-order valence-corrected chi connectivity index (χ4v) is 4.48. The van der Waals surface area contributed by atoms with Gasteiger partial charge in [0.05, 0.1) is 12.0 Å². The van der Waals surface area contributed by atoms with Gasteiger partial charge in [-0.05, 0) is 18.9 Å². The van der Waals surface area contributed by atoms with Gasteiger partial charge in [-0.1, -0.05) is 13.8 Å². The number of nitrogens with two attached hydrogens (primary N) is 1. The lowest BCUT2D eigenvalue weighted by atomic mass is 9.95. The van der Waals surface area contributed by atoms with Crippen molar-refractivity contribution in [3.63, 3.8) is 0 Å². The van der Waals surface area contributed by atoms with Crippen LogP contribution in [0.2, 0.25) is 0 Å². The molecule has 0 bridgehead atoms. The number of hydrogen-bond acceptors (Lipinski definition) is 6. The Morgan fingerprint density at radius 3 is 2.43 bits per heavy atom. The molecule has 0 unspecified atom stereocenters. The molecule has 3 N–H and O–H groups in total. The fraction of sp³-hybridized carbons (Fsp3) is 0.583. The maximum atomic E-state index is 12.3. The number of halogens is 1. The van der Waals surface area contributed by atoms with Gasteiger partial charge in [0.2, 0.25) is 10.0 Å². The molecule has 6 nitrogen and oxygen atoms in total. The van der Waals surface area contributed by atoms with E-state index in [4.69, 9.17) is 5.73 Å². The van der Waals surface area contributed by atoms with Crippen molar-refractivity contribution in [1.82, 2.24) is 4.72 Å². The highest BCUT2D eigenvalue weighted by atomic mass is 35.5. The van der Waals surface area contributed by atoms with Crippen molar-refractivity contribution in [1.29, 1.82) is 0 Å². The van der Waals surface area contributed by atoms with Crippen LogP contribution in [0.15, 0.2) is 16.3 Å². The molecule has 1 rings (SSSR count). The average molecular weight is 357 g/mol. The summed E-state index contributed by atoms with van der Waals surface area (Å²) in [7, 11) is -2.45. The number of carbonyl (C=O) groups excluding carboxylic acids is 1. The summed E-state index contributed by atoms with van der Waals surface area (Å²) in [6.07, 6.45) is 1.18. The Morgan fingerprint density at radius 1 is 1.43 bits per heavy atom. The van der Waals surface area contributed by atoms with Crippen molar-refractivity contribution in [2.24, 2.45) is 5.73 Å². The van der Waals surface area contributed by atoms with E-state index in [1.165, 1.54) is 18.6 Å². The predicted molar refractivity (Wildman–Crippen MR) is 85.6 cm³/mol. The summed E-state index contributed by atoms with van der Waals surface area (Å²) < 4.78 is 31.9. The number of carbonyl (C=O) groups is 1. The highest BCUT2D eigenvalue weighted by Crippen LogP contribution is 2.23. The van der Waals surface area contributed by atoms with Crippen LogP contribution >= 0.6 is 23.7 Å². The van der Waals surface area contributed by atoms with Gasteiger partial charge in [-0.15, -0.1) is 23.7 Å². The largest absolute Gasteiger partial charge is 0.465 e. The number of esters is 1. The Bertz CT molecular complexity index is 559. The zero-order valence-corrected chi connectivity index (χ0v) is 14.7. The smallest absolute Gasteiger partial charge is 0.348 e. The number of methoxy groups -OCH3 is 1. The lowest BCUT2D eigenvalue weighted by Crippen LogP contribution is -2.52. The Morgan fingerprint density at radius 2 is 2.00 bits per heavy atom. The van der Waals surface area contributed by atoms with Crippen LogP contribution in [-0.4, -0.2) is 33.6 Å². The summed E-state index contributed by atoms with van der Waals surface area (Å²) in [4.78, 5) is 11.7. The van der Waals surface area contributed by atoms with Crippen LogP contribution in [0.5, 0.6) is 0 Å². The van der Waals surface area contributed by atoms with Gasteiger partial charge in [0, 0.05) is 17.5 Å². The maximum absolute atomic E-state index is 12.3. The molecule has 1 aromatic heterocycles. The SMILES string of the molecule is CCC(CC)(CN)NS(=O)(=O)c1csc(C(=O)OC)c1.Cl. The standard InChI is InChI=1S/C12H20N2O4S2.ClH/c1-4-12(5-2,8-13)14-20(16,17)9-6-10(19-7-9)11(15)18-3;/h6-7,14H,4-5,8,13H2,1-3H3;1H. The minimum Gasteiger partial charge on any atom is -0.465 e. The first-order valence-corrected chi connectivity index (χ1v) is 8.61. The van der Waals surface area contributed by atoms with Gasteiger partial charge >= 0.3 is 5.97 Å². The number of rotatable bonds is 7. The Kier molecular flexibility index (Phi) is 7.83. The third-order valence-corrected chi connectivity index (χ3v) is 5.98. The third kappa shape index (κ3) is 4.65. The van der Waals surface area contributed by atoms with E-state index < -0.39 is 21.5 Å². The molecule has 9 heteroatoms. The number of sulfonamides is 1. The molecule has 122 valence electrons. The van der Waals surface area contributed by atoms with Gasteiger partial charge in [0.25, 0.3) is 0 Å². The molecular weight excluding hydrogens is 336 g/mol. The minimum atomic E-state index is -3.70. The first-order valence-electron chi connectivity index (χ1n) is 6.25. The van der Waals surface area contributed by atoms with E-state index in [1.807, 2.05) is 13.8 Å². The van der Waals surface area contributed by atoms with Crippen LogP contribution in [0.4, 0.5) is 0 Å². The second kappa shape index (κ2) is 8.09. The van der Waals surface area contributed by atoms with E-state index in [2.05, 4.69) is 9.46 Å². The predicted octanol–water partition coefficient (Wildman–Crippen LogP) is 1.75. The summed E-state index contributed by atoms with van der Waals surface area (Å²) >= 11 is 1.03. The quantitative estimate of drug-likeness (QED) is 0.725. The zero-order valence-electron chi connectivity index (χ0n) is 12.2. The molecule has 0 aliphatic carbocycles. The van der Waals surface area contributed by atoms with Crippen molar-refractivity contribution in [3.8, 4) is 0 Å². The molecule has 1 aromatic rings. The van der Waals surface area contributed by atoms with Gasteiger partial charge in [-0.2, -0.15) is 0 Å². The van der Waals surface area contributed by atoms with Crippen LogP contribution in [-0.2, 0) is 14.8 Å². The van der Waals surface area contributed by atoms with Crippen molar-refractivity contribution in [2.45, 2.75) is 37.1 Å². The first-order chi connectivity index (χ1) is 9.34. The van der Waals surface area contributed by atoms with E-state index in [1.54, 1.807) is 0 Å². The number of thiophene rings is 1. The molecule has 0 radical (unpaired) electrons. The molecule has 0 aromatic carbocycles.